The number of thiophene rings is 1. The second-order valence-electron chi connectivity index (χ2n) is 24.2. The van der Waals surface area contributed by atoms with Crippen LogP contribution in [0.1, 0.15) is 148 Å². The number of aromatic nitrogens is 8. The topological polar surface area (TPSA) is 259 Å². The number of carbonyl (C=O) groups excluding carboxylic acids is 2. The summed E-state index contributed by atoms with van der Waals surface area (Å²) in [7, 11) is 1.57. The maximum Gasteiger partial charge on any atom is 0.248 e. The molecule has 2 aliphatic heterocycles. The van der Waals surface area contributed by atoms with Crippen LogP contribution in [0.25, 0.3) is 22.0 Å². The lowest BCUT2D eigenvalue weighted by atomic mass is 9.63. The maximum absolute atomic E-state index is 14.7. The third kappa shape index (κ3) is 10.7. The molecule has 1 spiro atoms. The lowest BCUT2D eigenvalue weighted by Crippen LogP contribution is -2.50. The summed E-state index contributed by atoms with van der Waals surface area (Å²) in [4.78, 5) is 53.5. The molecule has 1 aromatic carbocycles. The third-order valence-electron chi connectivity index (χ3n) is 17.4. The predicted octanol–water partition coefficient (Wildman–Crippen LogP) is 9.29. The number of carbonyl (C=O) groups is 2. The number of amides is 2. The number of aliphatic hydroxyl groups is 1. The highest BCUT2D eigenvalue weighted by molar-refractivity contribution is 7.16. The molecule has 6 aromatic heterocycles. The Bertz CT molecular complexity index is 3550. The Balaban J connectivity index is 0.703. The number of benzene rings is 1. The molecule has 2 amide bonds. The number of pyridine rings is 1. The van der Waals surface area contributed by atoms with Crippen LogP contribution in [-0.4, -0.2) is 119 Å². The number of hydrogen-bond acceptors (Lipinski definition) is 19. The minimum Gasteiger partial charge on any atom is -0.495 e. The van der Waals surface area contributed by atoms with Crippen LogP contribution in [0.5, 0.6) is 23.3 Å². The summed E-state index contributed by atoms with van der Waals surface area (Å²) in [5, 5.41) is 38.8. The van der Waals surface area contributed by atoms with E-state index < -0.39 is 29.0 Å². The van der Waals surface area contributed by atoms with Crippen LogP contribution in [0.15, 0.2) is 65.0 Å². The molecule has 0 unspecified atom stereocenters. The Labute approximate surface area is 484 Å². The second-order valence-corrected chi connectivity index (χ2v) is 26.1. The zero-order valence-corrected chi connectivity index (χ0v) is 48.8. The number of methoxy groups -OCH3 is 1. The number of nitrogen functional groups attached to an aromatic ring is 1. The molecule has 22 heteroatoms. The first kappa shape index (κ1) is 55.2. The molecule has 3 aliphatic carbocycles. The molecule has 4 N–H and O–H groups in total. The van der Waals surface area contributed by atoms with Crippen molar-refractivity contribution in [2.24, 2.45) is 10.8 Å². The van der Waals surface area contributed by atoms with Crippen molar-refractivity contribution in [1.29, 1.82) is 5.26 Å². The largest absolute Gasteiger partial charge is 0.495 e. The Morgan fingerprint density at radius 2 is 1.79 bits per heavy atom. The molecule has 3 fully saturated rings. The molecule has 8 heterocycles. The summed E-state index contributed by atoms with van der Waals surface area (Å²) < 4.78 is 26.4. The Morgan fingerprint density at radius 3 is 2.51 bits per heavy atom. The van der Waals surface area contributed by atoms with Gasteiger partial charge in [0.05, 0.1) is 77.1 Å². The smallest absolute Gasteiger partial charge is 0.248 e. The van der Waals surface area contributed by atoms with E-state index in [0.717, 1.165) is 127 Å². The monoisotopic (exact) mass is 1150 g/mol. The molecule has 82 heavy (non-hydrogen) atoms. The van der Waals surface area contributed by atoms with Gasteiger partial charge in [0.2, 0.25) is 23.6 Å². The van der Waals surface area contributed by atoms with Gasteiger partial charge in [-0.25, -0.2) is 9.67 Å². The number of β-amino-alcohol motifs (C(OH)–C–C–N with tert-alkyl or cyclic N) is 1. The fourth-order valence-corrected chi connectivity index (χ4v) is 15.0. The van der Waals surface area contributed by atoms with Gasteiger partial charge >= 0.3 is 0 Å². The Hall–Kier alpha value is -7.32. The maximum atomic E-state index is 14.7. The molecule has 2 saturated heterocycles. The molecule has 5 atom stereocenters. The van der Waals surface area contributed by atoms with E-state index in [1.54, 1.807) is 47.7 Å². The molecule has 5 aliphatic rings. The van der Waals surface area contributed by atoms with Crippen molar-refractivity contribution in [3.8, 4) is 51.3 Å². The summed E-state index contributed by atoms with van der Waals surface area (Å²) in [6.07, 6.45) is 13.3. The second kappa shape index (κ2) is 22.1. The number of hydrogen-bond donors (Lipinski definition) is 3. The number of nitrogens with one attached hydrogen (secondary N) is 1. The van der Waals surface area contributed by atoms with Crippen LogP contribution in [0.4, 0.5) is 5.00 Å². The van der Waals surface area contributed by atoms with Gasteiger partial charge < -0.3 is 44.7 Å². The minimum absolute atomic E-state index is 0.0518. The Kier molecular flexibility index (Phi) is 14.9. The van der Waals surface area contributed by atoms with E-state index in [-0.39, 0.29) is 48.0 Å². The zero-order valence-electron chi connectivity index (χ0n) is 47.2. The first-order chi connectivity index (χ1) is 39.5. The molecule has 7 aromatic rings. The van der Waals surface area contributed by atoms with Gasteiger partial charge in [-0.2, -0.15) is 15.2 Å². The zero-order chi connectivity index (χ0) is 57.1. The Morgan fingerprint density at radius 1 is 1.04 bits per heavy atom. The van der Waals surface area contributed by atoms with E-state index in [1.807, 2.05) is 70.6 Å². The van der Waals surface area contributed by atoms with E-state index in [2.05, 4.69) is 41.7 Å². The fourth-order valence-electron chi connectivity index (χ4n) is 13.0. The van der Waals surface area contributed by atoms with Crippen molar-refractivity contribution >= 4 is 39.5 Å². The normalized spacial score (nSPS) is 21.3. The van der Waals surface area contributed by atoms with E-state index in [0.29, 0.717) is 52.5 Å². The molecule has 20 nitrogen and oxygen atoms in total. The highest BCUT2D eigenvalue weighted by atomic mass is 32.1. The van der Waals surface area contributed by atoms with Gasteiger partial charge in [0, 0.05) is 53.5 Å². The van der Waals surface area contributed by atoms with Crippen molar-refractivity contribution < 1.29 is 33.4 Å². The van der Waals surface area contributed by atoms with Crippen LogP contribution in [0, 0.1) is 29.1 Å². The number of aryl methyl sites for hydroxylation is 2. The lowest BCUT2D eigenvalue weighted by molar-refractivity contribution is -0.144. The van der Waals surface area contributed by atoms with Crippen LogP contribution < -0.4 is 25.3 Å². The minimum atomic E-state index is -0.842. The fraction of sp³-hybridized carbons (Fsp3) is 0.500. The summed E-state index contributed by atoms with van der Waals surface area (Å²) in [5.41, 5.74) is 13.9. The number of nitriles is 1. The van der Waals surface area contributed by atoms with Crippen molar-refractivity contribution in [2.75, 3.05) is 45.6 Å². The molecular weight excluding hydrogens is 1080 g/mol. The first-order valence-electron chi connectivity index (χ1n) is 28.5. The summed E-state index contributed by atoms with van der Waals surface area (Å²) >= 11 is 3.10. The number of piperidine rings is 1. The lowest BCUT2D eigenvalue weighted by Gasteiger charge is -2.39. The van der Waals surface area contributed by atoms with Gasteiger partial charge in [-0.3, -0.25) is 14.6 Å². The number of nitrogens with zero attached hydrogens (tertiary/aromatic N) is 11. The van der Waals surface area contributed by atoms with E-state index in [1.165, 1.54) is 16.2 Å². The van der Waals surface area contributed by atoms with E-state index in [9.17, 15) is 20.0 Å². The van der Waals surface area contributed by atoms with Gasteiger partial charge in [0.25, 0.3) is 0 Å². The van der Waals surface area contributed by atoms with Crippen molar-refractivity contribution in [3.63, 3.8) is 0 Å². The first-order valence-corrected chi connectivity index (χ1v) is 30.1. The number of fused-ring (bicyclic) bond motifs is 4. The van der Waals surface area contributed by atoms with Crippen molar-refractivity contribution in [3.05, 3.63) is 105 Å². The van der Waals surface area contributed by atoms with E-state index in [4.69, 9.17) is 34.4 Å². The van der Waals surface area contributed by atoms with Crippen molar-refractivity contribution in [1.82, 2.24) is 55.2 Å². The number of ether oxygens (including phenoxy) is 3. The molecule has 0 bridgehead atoms. The van der Waals surface area contributed by atoms with Gasteiger partial charge in [-0.1, -0.05) is 55.4 Å². The predicted molar refractivity (Wildman–Crippen MR) is 308 cm³/mol. The van der Waals surface area contributed by atoms with Crippen LogP contribution in [0.3, 0.4) is 0 Å². The number of likely N-dealkylation sites (tertiary alicyclic amines) is 2. The number of aliphatic hydroxyl groups excluding tert-OH is 1. The number of rotatable bonds is 16. The van der Waals surface area contributed by atoms with Gasteiger partial charge in [0.15, 0.2) is 23.0 Å². The standard InChI is InChI=1S/C60H69N13O7S2/c1-34(36-11-13-38(14-12-36)51-35(2)64-33-81-51)65-56(75)45-23-39(74)29-72(45)57(76)52(58(3,4)5)73-30-44(68-70-73)37-15-21-71(22-16-37)31-59(19-20-59)32-78-47-25-48(79-41-24-40(77-6)27-63-28-41)67-55(66-47)50-42-9-7-17-60(53(42)80-69-50)18-8-10-46-49(60)43(26-61)54(62)82-46/h11-14,24-25,27-28,30,33-34,37,39,45,52,74H,7-10,15-23,29,31-32,62H2,1-6H3,(H,65,75)/t34-,39+,45-,52+,60-/m0/s1. The van der Waals surface area contributed by atoms with Gasteiger partial charge in [0.1, 0.15) is 28.9 Å². The van der Waals surface area contributed by atoms with Crippen molar-refractivity contribution in [2.45, 2.75) is 141 Å². The quantitative estimate of drug-likeness (QED) is 0.0814. The molecule has 12 rings (SSSR count). The summed E-state index contributed by atoms with van der Waals surface area (Å²) in [6.45, 7) is 12.9. The summed E-state index contributed by atoms with van der Waals surface area (Å²) in [6, 6.07) is 12.0. The number of thiazole rings is 1. The molecular formula is C60H69N13O7S2. The average Bonchev–Trinajstić information content (AvgIpc) is 4.28. The average molecular weight is 1150 g/mol. The molecule has 428 valence electrons. The SMILES string of the molecule is COc1cncc(Oc2cc(OCC3(CN4CCC(c5cn([C@H](C(=O)N6C[C@H](O)C[C@H]6C(=O)N[C@@H](C)c6ccc(-c7scnc7C)cc6)C(C)(C)C)nn5)CC4)CC3)nc(-c3noc4c3CCC[C@@]43CCCc4sc(N)c(C#N)c43)n2)c1. The van der Waals surface area contributed by atoms with Crippen LogP contribution >= 0.6 is 22.7 Å². The van der Waals surface area contributed by atoms with Crippen LogP contribution in [-0.2, 0) is 27.8 Å². The highest BCUT2D eigenvalue weighted by Gasteiger charge is 2.50. The third-order valence-corrected chi connectivity index (χ3v) is 19.5. The van der Waals surface area contributed by atoms with E-state index >= 15 is 0 Å². The number of anilines is 1. The van der Waals surface area contributed by atoms with Crippen LogP contribution in [0.2, 0.25) is 0 Å². The van der Waals surface area contributed by atoms with Gasteiger partial charge in [-0.05, 0) is 113 Å². The molecule has 1 saturated carbocycles. The molecule has 0 radical (unpaired) electrons. The highest BCUT2D eigenvalue weighted by Crippen LogP contribution is 2.55. The van der Waals surface area contributed by atoms with Gasteiger partial charge in [-0.15, -0.1) is 27.8 Å². The summed E-state index contributed by atoms with van der Waals surface area (Å²) in [5.74, 6) is 2.22. The number of nitrogens with two attached hydrogens (primary N) is 1.